The van der Waals surface area contributed by atoms with Crippen LogP contribution in [0.4, 0.5) is 5.69 Å². The van der Waals surface area contributed by atoms with Gasteiger partial charge in [0.1, 0.15) is 17.7 Å². The molecule has 1 N–H and O–H groups in total. The molecule has 1 atom stereocenters. The first-order valence-corrected chi connectivity index (χ1v) is 10.9. The van der Waals surface area contributed by atoms with Crippen molar-refractivity contribution >= 4 is 45.6 Å². The van der Waals surface area contributed by atoms with Crippen molar-refractivity contribution in [3.63, 3.8) is 0 Å². The number of amidine groups is 1. The summed E-state index contributed by atoms with van der Waals surface area (Å²) >= 11 is 6.28. The summed E-state index contributed by atoms with van der Waals surface area (Å²) in [4.78, 5) is 31.9. The molecule has 0 saturated carbocycles. The Morgan fingerprint density at radius 1 is 0.968 bits per heavy atom. The third-order valence-electron chi connectivity index (χ3n) is 5.92. The first kappa shape index (κ1) is 19.8. The van der Waals surface area contributed by atoms with E-state index in [0.717, 1.165) is 22.3 Å². The van der Waals surface area contributed by atoms with Gasteiger partial charge in [0.05, 0.1) is 5.69 Å². The highest BCUT2D eigenvalue weighted by Crippen LogP contribution is 2.28. The van der Waals surface area contributed by atoms with E-state index in [0.29, 0.717) is 43.1 Å². The van der Waals surface area contributed by atoms with E-state index in [2.05, 4.69) is 40.5 Å². The van der Waals surface area contributed by atoms with Crippen LogP contribution in [0, 0.1) is 0 Å². The molecule has 3 aromatic carbocycles. The highest BCUT2D eigenvalue weighted by atomic mass is 35.5. The highest BCUT2D eigenvalue weighted by Gasteiger charge is 2.29. The van der Waals surface area contributed by atoms with Crippen molar-refractivity contribution in [2.75, 3.05) is 18.4 Å². The number of anilines is 1. The number of rotatable bonds is 2. The Labute approximate surface area is 185 Å². The van der Waals surface area contributed by atoms with Gasteiger partial charge >= 0.3 is 0 Å². The number of fused-ring (bicyclic) bond motifs is 2. The van der Waals surface area contributed by atoms with Crippen molar-refractivity contribution in [1.29, 1.82) is 0 Å². The van der Waals surface area contributed by atoms with E-state index in [1.54, 1.807) is 6.07 Å². The van der Waals surface area contributed by atoms with Gasteiger partial charge < -0.3 is 10.2 Å². The van der Waals surface area contributed by atoms with Crippen LogP contribution in [-0.2, 0) is 16.0 Å². The van der Waals surface area contributed by atoms with E-state index in [-0.39, 0.29) is 11.7 Å². The minimum Gasteiger partial charge on any atom is -0.355 e. The summed E-state index contributed by atoms with van der Waals surface area (Å²) in [6.07, 6.45) is 1.48. The number of likely N-dealkylation sites (tertiary alicyclic amines) is 1. The van der Waals surface area contributed by atoms with Crippen LogP contribution in [0.1, 0.15) is 24.0 Å². The number of amides is 1. The molecule has 5 nitrogen and oxygen atoms in total. The van der Waals surface area contributed by atoms with Gasteiger partial charge in [-0.25, -0.2) is 0 Å². The number of ketones is 1. The van der Waals surface area contributed by atoms with Gasteiger partial charge in [0.25, 0.3) is 0 Å². The molecular formula is C25H22ClN3O2. The van der Waals surface area contributed by atoms with Crippen molar-refractivity contribution in [1.82, 2.24) is 4.90 Å². The lowest BCUT2D eigenvalue weighted by Gasteiger charge is -2.30. The molecule has 2 aliphatic heterocycles. The molecule has 156 valence electrons. The summed E-state index contributed by atoms with van der Waals surface area (Å²) in [6.45, 7) is 1.20. The molecule has 0 radical (unpaired) electrons. The minimum absolute atomic E-state index is 0.139. The fraction of sp³-hybridized carbons (Fsp3) is 0.240. The molecule has 0 bridgehead atoms. The van der Waals surface area contributed by atoms with Gasteiger partial charge in [-0.3, -0.25) is 14.6 Å². The van der Waals surface area contributed by atoms with E-state index in [9.17, 15) is 9.59 Å². The van der Waals surface area contributed by atoms with Gasteiger partial charge in [-0.2, -0.15) is 0 Å². The summed E-state index contributed by atoms with van der Waals surface area (Å²) in [5.41, 5.74) is 2.56. The van der Waals surface area contributed by atoms with E-state index in [1.165, 1.54) is 5.39 Å². The van der Waals surface area contributed by atoms with Crippen LogP contribution in [0.25, 0.3) is 10.8 Å². The Hall–Kier alpha value is -3.18. The van der Waals surface area contributed by atoms with Crippen molar-refractivity contribution in [3.05, 3.63) is 76.8 Å². The van der Waals surface area contributed by atoms with Crippen molar-refractivity contribution < 1.29 is 9.59 Å². The first-order valence-electron chi connectivity index (χ1n) is 10.5. The smallest absolute Gasteiger partial charge is 0.249 e. The average Bonchev–Trinajstić information content (AvgIpc) is 2.91. The van der Waals surface area contributed by atoms with Crippen LogP contribution in [0.15, 0.2) is 65.7 Å². The van der Waals surface area contributed by atoms with Crippen LogP contribution in [0.3, 0.4) is 0 Å². The fourth-order valence-electron chi connectivity index (χ4n) is 4.25. The second-order valence-corrected chi connectivity index (χ2v) is 8.50. The Balaban J connectivity index is 1.53. The number of halogens is 1. The number of piperidine rings is 1. The number of hydrogen-bond donors (Lipinski definition) is 1. The van der Waals surface area contributed by atoms with Crippen LogP contribution < -0.4 is 5.32 Å². The fourth-order valence-corrected chi connectivity index (χ4v) is 4.42. The van der Waals surface area contributed by atoms with Gasteiger partial charge in [-0.05, 0) is 34.5 Å². The molecule has 1 fully saturated rings. The zero-order chi connectivity index (χ0) is 21.4. The van der Waals surface area contributed by atoms with Gasteiger partial charge in [0, 0.05) is 42.9 Å². The van der Waals surface area contributed by atoms with Gasteiger partial charge in [-0.1, -0.05) is 54.1 Å². The number of benzodiazepines with no additional fused rings is 1. The second-order valence-electron chi connectivity index (χ2n) is 8.06. The molecule has 1 unspecified atom stereocenters. The van der Waals surface area contributed by atoms with Crippen LogP contribution in [0.2, 0.25) is 5.02 Å². The lowest BCUT2D eigenvalue weighted by Crippen LogP contribution is -2.40. The zero-order valence-electron chi connectivity index (χ0n) is 17.0. The molecule has 2 aliphatic rings. The molecule has 3 aromatic rings. The monoisotopic (exact) mass is 431 g/mol. The van der Waals surface area contributed by atoms with Crippen molar-refractivity contribution in [2.24, 2.45) is 4.99 Å². The zero-order valence-corrected chi connectivity index (χ0v) is 17.7. The van der Waals surface area contributed by atoms with Gasteiger partial charge in [0.2, 0.25) is 5.91 Å². The summed E-state index contributed by atoms with van der Waals surface area (Å²) < 4.78 is 0. The molecule has 5 rings (SSSR count). The number of Topliss-reactive ketones (excluding diaryl/α,β-unsaturated/α-hetero) is 1. The summed E-state index contributed by atoms with van der Waals surface area (Å²) in [5, 5.41) is 5.92. The Morgan fingerprint density at radius 2 is 1.74 bits per heavy atom. The molecule has 0 aliphatic carbocycles. The highest BCUT2D eigenvalue weighted by molar-refractivity contribution is 6.31. The number of carbonyl (C=O) groups is 2. The first-order chi connectivity index (χ1) is 15.1. The Bertz CT molecular complexity index is 1210. The van der Waals surface area contributed by atoms with E-state index < -0.39 is 6.04 Å². The summed E-state index contributed by atoms with van der Waals surface area (Å²) in [7, 11) is 0. The maximum Gasteiger partial charge on any atom is 0.249 e. The molecule has 0 aromatic heterocycles. The van der Waals surface area contributed by atoms with Gasteiger partial charge in [0.15, 0.2) is 0 Å². The van der Waals surface area contributed by atoms with Crippen LogP contribution in [-0.4, -0.2) is 41.6 Å². The Morgan fingerprint density at radius 3 is 2.55 bits per heavy atom. The summed E-state index contributed by atoms with van der Waals surface area (Å²) in [5.74, 6) is 0.854. The lowest BCUT2D eigenvalue weighted by atomic mass is 10.0. The van der Waals surface area contributed by atoms with E-state index >= 15 is 0 Å². The standard InChI is InChI=1S/C25H22ClN3O2/c26-19-7-8-22-21(15-19)24(29-11-9-20(30)10-12-29)27-23(25(31)28-22)14-16-5-6-17-3-1-2-4-18(17)13-16/h1-8,13,15,23H,9-12,14H2,(H,28,31). The predicted molar refractivity (Wildman–Crippen MR) is 124 cm³/mol. The van der Waals surface area contributed by atoms with Gasteiger partial charge in [-0.15, -0.1) is 0 Å². The number of aliphatic imine (C=N–C) groups is 1. The number of carbonyl (C=O) groups excluding carboxylic acids is 2. The summed E-state index contributed by atoms with van der Waals surface area (Å²) in [6, 6.07) is 19.3. The quantitative estimate of drug-likeness (QED) is 0.651. The third kappa shape index (κ3) is 4.06. The number of benzene rings is 3. The number of hydrogen-bond acceptors (Lipinski definition) is 4. The van der Waals surface area contributed by atoms with Crippen LogP contribution in [0.5, 0.6) is 0 Å². The average molecular weight is 432 g/mol. The molecule has 0 spiro atoms. The molecule has 1 saturated heterocycles. The van der Waals surface area contributed by atoms with Crippen LogP contribution >= 0.6 is 11.6 Å². The molecule has 6 heteroatoms. The third-order valence-corrected chi connectivity index (χ3v) is 6.16. The SMILES string of the molecule is O=C1CCN(C2=NC(Cc3ccc4ccccc4c3)C(=O)Nc3ccc(Cl)cc32)CC1. The normalized spacial score (nSPS) is 18.9. The topological polar surface area (TPSA) is 61.8 Å². The maximum absolute atomic E-state index is 13.1. The molecule has 2 heterocycles. The number of nitrogens with one attached hydrogen (secondary N) is 1. The number of nitrogens with zero attached hydrogens (tertiary/aromatic N) is 2. The van der Waals surface area contributed by atoms with E-state index in [4.69, 9.17) is 16.6 Å². The largest absolute Gasteiger partial charge is 0.355 e. The maximum atomic E-state index is 13.1. The van der Waals surface area contributed by atoms with Crippen molar-refractivity contribution in [3.8, 4) is 0 Å². The minimum atomic E-state index is -0.569. The molecule has 31 heavy (non-hydrogen) atoms. The van der Waals surface area contributed by atoms with Crippen molar-refractivity contribution in [2.45, 2.75) is 25.3 Å². The van der Waals surface area contributed by atoms with E-state index in [1.807, 2.05) is 24.3 Å². The lowest BCUT2D eigenvalue weighted by molar-refractivity contribution is -0.121. The molecular weight excluding hydrogens is 410 g/mol. The second kappa shape index (κ2) is 8.16. The Kier molecular flexibility index (Phi) is 5.20. The predicted octanol–water partition coefficient (Wildman–Crippen LogP) is 4.47. The molecule has 1 amide bonds.